The van der Waals surface area contributed by atoms with Crippen LogP contribution in [0.1, 0.15) is 54.9 Å². The van der Waals surface area contributed by atoms with Gasteiger partial charge in [0, 0.05) is 26.4 Å². The van der Waals surface area contributed by atoms with E-state index in [2.05, 4.69) is 139 Å². The zero-order chi connectivity index (χ0) is 28.6. The maximum absolute atomic E-state index is 4.93. The molecule has 1 unspecified atom stereocenters. The highest BCUT2D eigenvalue weighted by atomic mass is 15.1. The van der Waals surface area contributed by atoms with E-state index in [1.54, 1.807) is 0 Å². The minimum atomic E-state index is 0.291. The number of imidazole rings is 2. The molecule has 0 N–H and O–H groups in total. The quantitative estimate of drug-likeness (QED) is 0.199. The van der Waals surface area contributed by atoms with E-state index < -0.39 is 0 Å². The Hall–Kier alpha value is -4.70. The molecule has 4 heteroatoms. The first-order chi connectivity index (χ1) is 20.6. The molecule has 0 fully saturated rings. The smallest absolute Gasteiger partial charge is 0.116 e. The van der Waals surface area contributed by atoms with Crippen molar-refractivity contribution in [2.75, 3.05) is 0 Å². The molecule has 0 spiro atoms. The summed E-state index contributed by atoms with van der Waals surface area (Å²) in [6.07, 6.45) is 13.3. The molecule has 1 aliphatic carbocycles. The summed E-state index contributed by atoms with van der Waals surface area (Å²) >= 11 is 0. The Morgan fingerprint density at radius 2 is 1.62 bits per heavy atom. The third-order valence-corrected chi connectivity index (χ3v) is 8.89. The standard InChI is InChI=1S/C38H36N4/c1-4-26(11-10-18-37-39-33-14-5-7-16-35(33)41(37)2)31-13-9-12-30-25-29(23-24-32(30)31)27-19-21-28(22-20-27)38-40-34-15-6-8-17-36(34)42(38)3/h4-9,12-17,19-21,23-25,28H,10-11,18,22H2,1-3H3. The van der Waals surface area contributed by atoms with E-state index in [0.29, 0.717) is 5.92 Å². The van der Waals surface area contributed by atoms with Crippen molar-refractivity contribution in [2.24, 2.45) is 14.1 Å². The zero-order valence-corrected chi connectivity index (χ0v) is 24.6. The van der Waals surface area contributed by atoms with E-state index in [0.717, 1.165) is 48.4 Å². The average molecular weight is 549 g/mol. The molecule has 1 aliphatic rings. The van der Waals surface area contributed by atoms with Gasteiger partial charge in [0.15, 0.2) is 0 Å². The molecule has 6 aromatic rings. The van der Waals surface area contributed by atoms with Gasteiger partial charge in [0.1, 0.15) is 11.6 Å². The van der Waals surface area contributed by atoms with E-state index in [-0.39, 0.29) is 0 Å². The first-order valence-corrected chi connectivity index (χ1v) is 15.0. The molecule has 0 aliphatic heterocycles. The van der Waals surface area contributed by atoms with Crippen molar-refractivity contribution >= 4 is 44.0 Å². The van der Waals surface area contributed by atoms with Gasteiger partial charge in [-0.2, -0.15) is 0 Å². The Kier molecular flexibility index (Phi) is 6.83. The van der Waals surface area contributed by atoms with Gasteiger partial charge < -0.3 is 9.13 Å². The van der Waals surface area contributed by atoms with E-state index in [4.69, 9.17) is 9.97 Å². The number of fused-ring (bicyclic) bond motifs is 3. The Bertz CT molecular complexity index is 2030. The minimum Gasteiger partial charge on any atom is -0.331 e. The van der Waals surface area contributed by atoms with Gasteiger partial charge in [-0.05, 0) is 89.6 Å². The van der Waals surface area contributed by atoms with Crippen LogP contribution >= 0.6 is 0 Å². The van der Waals surface area contributed by atoms with Crippen molar-refractivity contribution < 1.29 is 0 Å². The van der Waals surface area contributed by atoms with Gasteiger partial charge >= 0.3 is 0 Å². The summed E-state index contributed by atoms with van der Waals surface area (Å²) in [6.45, 7) is 2.16. The lowest BCUT2D eigenvalue weighted by molar-refractivity contribution is 0.724. The molecule has 2 aromatic heterocycles. The van der Waals surface area contributed by atoms with Crippen LogP contribution < -0.4 is 0 Å². The van der Waals surface area contributed by atoms with Crippen molar-refractivity contribution in [1.29, 1.82) is 0 Å². The summed E-state index contributed by atoms with van der Waals surface area (Å²) < 4.78 is 4.47. The SMILES string of the molecule is CC=C(CCCc1nc2ccccc2n1C)c1cccc2cc(C3=CCC(c4nc5ccccc5n4C)C=C3)ccc12. The first kappa shape index (κ1) is 26.2. The summed E-state index contributed by atoms with van der Waals surface area (Å²) in [4.78, 5) is 9.81. The minimum absolute atomic E-state index is 0.291. The van der Waals surface area contributed by atoms with E-state index >= 15 is 0 Å². The van der Waals surface area contributed by atoms with Crippen LogP contribution in [0.2, 0.25) is 0 Å². The third-order valence-electron chi connectivity index (χ3n) is 8.89. The van der Waals surface area contributed by atoms with Gasteiger partial charge in [0.2, 0.25) is 0 Å². The number of allylic oxidation sites excluding steroid dienone is 6. The highest BCUT2D eigenvalue weighted by molar-refractivity contribution is 5.96. The lowest BCUT2D eigenvalue weighted by atomic mass is 9.89. The fourth-order valence-corrected chi connectivity index (χ4v) is 6.56. The van der Waals surface area contributed by atoms with Crippen molar-refractivity contribution in [3.63, 3.8) is 0 Å². The molecule has 7 rings (SSSR count). The maximum Gasteiger partial charge on any atom is 0.116 e. The van der Waals surface area contributed by atoms with Crippen LogP contribution in [0, 0.1) is 0 Å². The van der Waals surface area contributed by atoms with Crippen LogP contribution in [0.25, 0.3) is 44.0 Å². The molecule has 0 saturated carbocycles. The highest BCUT2D eigenvalue weighted by Crippen LogP contribution is 2.34. The average Bonchev–Trinajstić information content (AvgIpc) is 3.55. The molecular formula is C38H36N4. The Morgan fingerprint density at radius 3 is 2.33 bits per heavy atom. The van der Waals surface area contributed by atoms with Crippen molar-refractivity contribution in [3.05, 3.63) is 132 Å². The summed E-state index contributed by atoms with van der Waals surface area (Å²) in [7, 11) is 4.25. The van der Waals surface area contributed by atoms with E-state index in [1.165, 1.54) is 44.1 Å². The van der Waals surface area contributed by atoms with Gasteiger partial charge in [0.05, 0.1) is 22.1 Å². The molecular weight excluding hydrogens is 512 g/mol. The second-order valence-electron chi connectivity index (χ2n) is 11.4. The number of nitrogens with zero attached hydrogens (tertiary/aromatic N) is 4. The normalized spacial score (nSPS) is 15.6. The largest absolute Gasteiger partial charge is 0.331 e. The summed E-state index contributed by atoms with van der Waals surface area (Å²) in [5, 5.41) is 2.60. The number of hydrogen-bond donors (Lipinski definition) is 0. The van der Waals surface area contributed by atoms with Crippen LogP contribution in [0.5, 0.6) is 0 Å². The van der Waals surface area contributed by atoms with Gasteiger partial charge in [-0.15, -0.1) is 0 Å². The molecule has 4 aromatic carbocycles. The first-order valence-electron chi connectivity index (χ1n) is 15.0. The third kappa shape index (κ3) is 4.67. The fourth-order valence-electron chi connectivity index (χ4n) is 6.56. The number of para-hydroxylation sites is 4. The van der Waals surface area contributed by atoms with Gasteiger partial charge in [-0.1, -0.05) is 78.9 Å². The molecule has 0 radical (unpaired) electrons. The predicted octanol–water partition coefficient (Wildman–Crippen LogP) is 9.17. The number of benzene rings is 4. The lowest BCUT2D eigenvalue weighted by Gasteiger charge is -2.17. The van der Waals surface area contributed by atoms with Crippen LogP contribution in [-0.2, 0) is 20.5 Å². The summed E-state index contributed by atoms with van der Waals surface area (Å²) in [5.74, 6) is 2.57. The summed E-state index contributed by atoms with van der Waals surface area (Å²) in [6, 6.07) is 30.4. The molecule has 0 bridgehead atoms. The Balaban J connectivity index is 1.08. The van der Waals surface area contributed by atoms with E-state index in [1.807, 2.05) is 0 Å². The fraction of sp³-hybridized carbons (Fsp3) is 0.211. The van der Waals surface area contributed by atoms with Crippen molar-refractivity contribution in [2.45, 2.75) is 38.5 Å². The molecule has 0 amide bonds. The maximum atomic E-state index is 4.93. The Morgan fingerprint density at radius 1 is 0.857 bits per heavy atom. The second kappa shape index (κ2) is 10.9. The number of aryl methyl sites for hydroxylation is 3. The monoisotopic (exact) mass is 548 g/mol. The molecule has 0 saturated heterocycles. The molecule has 208 valence electrons. The number of aromatic nitrogens is 4. The zero-order valence-electron chi connectivity index (χ0n) is 24.6. The molecule has 4 nitrogen and oxygen atoms in total. The van der Waals surface area contributed by atoms with Crippen LogP contribution in [-0.4, -0.2) is 19.1 Å². The highest BCUT2D eigenvalue weighted by Gasteiger charge is 2.19. The summed E-state index contributed by atoms with van der Waals surface area (Å²) in [5.41, 5.74) is 9.81. The van der Waals surface area contributed by atoms with Crippen molar-refractivity contribution in [3.8, 4) is 0 Å². The molecule has 2 heterocycles. The Labute approximate surface area is 247 Å². The van der Waals surface area contributed by atoms with Crippen LogP contribution in [0.3, 0.4) is 0 Å². The number of rotatable bonds is 7. The predicted molar refractivity (Wildman–Crippen MR) is 176 cm³/mol. The van der Waals surface area contributed by atoms with Crippen LogP contribution in [0.15, 0.2) is 109 Å². The van der Waals surface area contributed by atoms with Gasteiger partial charge in [-0.25, -0.2) is 9.97 Å². The van der Waals surface area contributed by atoms with Gasteiger partial charge in [-0.3, -0.25) is 0 Å². The number of hydrogen-bond acceptors (Lipinski definition) is 2. The lowest BCUT2D eigenvalue weighted by Crippen LogP contribution is -2.06. The van der Waals surface area contributed by atoms with Crippen LogP contribution in [0.4, 0.5) is 0 Å². The topological polar surface area (TPSA) is 35.6 Å². The molecule has 1 atom stereocenters. The van der Waals surface area contributed by atoms with E-state index in [9.17, 15) is 0 Å². The molecule has 42 heavy (non-hydrogen) atoms. The second-order valence-corrected chi connectivity index (χ2v) is 11.4. The van der Waals surface area contributed by atoms with Crippen molar-refractivity contribution in [1.82, 2.24) is 19.1 Å². The van der Waals surface area contributed by atoms with Gasteiger partial charge in [0.25, 0.3) is 0 Å².